The molecular formula is C23H22N2O4S. The van der Waals surface area contributed by atoms with Crippen molar-refractivity contribution in [1.82, 2.24) is 9.88 Å². The number of hydrogen-bond donors (Lipinski definition) is 0. The van der Waals surface area contributed by atoms with Crippen LogP contribution in [0.3, 0.4) is 0 Å². The van der Waals surface area contributed by atoms with Gasteiger partial charge in [-0.15, -0.1) is 11.3 Å². The molecule has 1 aliphatic heterocycles. The van der Waals surface area contributed by atoms with E-state index in [-0.39, 0.29) is 23.9 Å². The Labute approximate surface area is 178 Å². The highest BCUT2D eigenvalue weighted by atomic mass is 32.1. The highest BCUT2D eigenvalue weighted by Gasteiger charge is 2.36. The summed E-state index contributed by atoms with van der Waals surface area (Å²) >= 11 is 1.58. The van der Waals surface area contributed by atoms with Crippen LogP contribution in [0.25, 0.3) is 10.2 Å². The average Bonchev–Trinajstić information content (AvgIpc) is 3.28. The largest absolute Gasteiger partial charge is 0.486 e. The Morgan fingerprint density at radius 2 is 1.97 bits per heavy atom. The van der Waals surface area contributed by atoms with Crippen LogP contribution in [0.4, 0.5) is 0 Å². The number of rotatable bonds is 8. The Bertz CT molecular complexity index is 1100. The molecule has 0 saturated heterocycles. The van der Waals surface area contributed by atoms with Crippen LogP contribution >= 0.6 is 11.3 Å². The minimum absolute atomic E-state index is 0.00488. The van der Waals surface area contributed by atoms with Crippen molar-refractivity contribution in [3.8, 4) is 5.75 Å². The number of carbonyl (C=O) groups excluding carboxylic acids is 3. The first-order valence-electron chi connectivity index (χ1n) is 9.84. The number of ketones is 2. The highest BCUT2D eigenvalue weighted by molar-refractivity contribution is 7.18. The number of para-hydroxylation sites is 1. The lowest BCUT2D eigenvalue weighted by atomic mass is 10.0. The number of Topliss-reactive ketones (excluding diaryl/α,β-unsaturated/α-hetero) is 2. The molecule has 1 amide bonds. The number of aromatic nitrogens is 1. The lowest BCUT2D eigenvalue weighted by molar-refractivity contribution is -0.122. The SMILES string of the molecule is CC(=O)CCC(C(C)=O)N1Cc2c(OCc3nc4ccccc4s3)cccc2C1=O. The summed E-state index contributed by atoms with van der Waals surface area (Å²) in [5.74, 6) is 0.315. The third-order valence-corrected chi connectivity index (χ3v) is 6.27. The molecular weight excluding hydrogens is 400 g/mol. The number of amides is 1. The van der Waals surface area contributed by atoms with Gasteiger partial charge in [-0.3, -0.25) is 9.59 Å². The van der Waals surface area contributed by atoms with Gasteiger partial charge in [-0.1, -0.05) is 18.2 Å². The molecule has 3 aromatic rings. The van der Waals surface area contributed by atoms with E-state index in [0.717, 1.165) is 20.8 Å². The predicted octanol–water partition coefficient (Wildman–Crippen LogP) is 4.16. The molecule has 1 unspecified atom stereocenters. The zero-order valence-corrected chi connectivity index (χ0v) is 17.7. The van der Waals surface area contributed by atoms with Crippen LogP contribution in [0, 0.1) is 0 Å². The second-order valence-corrected chi connectivity index (χ2v) is 8.56. The van der Waals surface area contributed by atoms with Crippen molar-refractivity contribution < 1.29 is 19.1 Å². The number of nitrogens with zero attached hydrogens (tertiary/aromatic N) is 2. The van der Waals surface area contributed by atoms with E-state index >= 15 is 0 Å². The zero-order valence-electron chi connectivity index (χ0n) is 16.9. The van der Waals surface area contributed by atoms with Gasteiger partial charge in [-0.25, -0.2) is 4.98 Å². The first kappa shape index (κ1) is 20.2. The minimum atomic E-state index is -0.606. The van der Waals surface area contributed by atoms with Gasteiger partial charge in [0.1, 0.15) is 23.1 Å². The summed E-state index contributed by atoms with van der Waals surface area (Å²) in [4.78, 5) is 42.7. The second kappa shape index (κ2) is 8.36. The fraction of sp³-hybridized carbons (Fsp3) is 0.304. The van der Waals surface area contributed by atoms with Gasteiger partial charge in [0.2, 0.25) is 0 Å². The van der Waals surface area contributed by atoms with Crippen molar-refractivity contribution in [3.63, 3.8) is 0 Å². The summed E-state index contributed by atoms with van der Waals surface area (Å²) in [5, 5.41) is 0.859. The number of carbonyl (C=O) groups is 3. The van der Waals surface area contributed by atoms with E-state index in [9.17, 15) is 14.4 Å². The van der Waals surface area contributed by atoms with Gasteiger partial charge in [0.05, 0.1) is 22.8 Å². The maximum Gasteiger partial charge on any atom is 0.255 e. The number of ether oxygens (including phenoxy) is 1. The maximum atomic E-state index is 13.0. The van der Waals surface area contributed by atoms with E-state index in [2.05, 4.69) is 4.98 Å². The Balaban J connectivity index is 1.53. The van der Waals surface area contributed by atoms with Gasteiger partial charge in [0, 0.05) is 17.5 Å². The summed E-state index contributed by atoms with van der Waals surface area (Å²) in [7, 11) is 0. The van der Waals surface area contributed by atoms with Crippen LogP contribution < -0.4 is 4.74 Å². The van der Waals surface area contributed by atoms with E-state index in [1.165, 1.54) is 13.8 Å². The normalized spacial score (nSPS) is 14.1. The van der Waals surface area contributed by atoms with Crippen LogP contribution in [-0.4, -0.2) is 33.4 Å². The van der Waals surface area contributed by atoms with Crippen molar-refractivity contribution in [2.45, 2.75) is 45.9 Å². The van der Waals surface area contributed by atoms with Gasteiger partial charge in [0.15, 0.2) is 5.78 Å². The number of fused-ring (bicyclic) bond motifs is 2. The molecule has 0 aliphatic carbocycles. The molecule has 154 valence electrons. The third kappa shape index (κ3) is 3.98. The molecule has 4 rings (SSSR count). The molecule has 0 N–H and O–H groups in total. The zero-order chi connectivity index (χ0) is 21.3. The van der Waals surface area contributed by atoms with Crippen LogP contribution in [0.5, 0.6) is 5.75 Å². The first-order valence-corrected chi connectivity index (χ1v) is 10.7. The fourth-order valence-corrected chi connectivity index (χ4v) is 4.63. The summed E-state index contributed by atoms with van der Waals surface area (Å²) < 4.78 is 7.13. The van der Waals surface area contributed by atoms with Crippen molar-refractivity contribution in [1.29, 1.82) is 0 Å². The molecule has 7 heteroatoms. The predicted molar refractivity (Wildman–Crippen MR) is 115 cm³/mol. The molecule has 2 heterocycles. The topological polar surface area (TPSA) is 76.6 Å². The number of hydrogen-bond acceptors (Lipinski definition) is 6. The monoisotopic (exact) mass is 422 g/mol. The minimum Gasteiger partial charge on any atom is -0.486 e. The third-order valence-electron chi connectivity index (χ3n) is 5.26. The Kier molecular flexibility index (Phi) is 5.63. The van der Waals surface area contributed by atoms with Crippen molar-refractivity contribution in [2.75, 3.05) is 0 Å². The quantitative estimate of drug-likeness (QED) is 0.545. The second-order valence-electron chi connectivity index (χ2n) is 7.45. The molecule has 2 aromatic carbocycles. The molecule has 0 fully saturated rings. The lowest BCUT2D eigenvalue weighted by Gasteiger charge is -2.25. The van der Waals surface area contributed by atoms with Crippen molar-refractivity contribution >= 4 is 39.0 Å². The molecule has 1 aromatic heterocycles. The smallest absolute Gasteiger partial charge is 0.255 e. The molecule has 0 saturated carbocycles. The van der Waals surface area contributed by atoms with Crippen LogP contribution in [0.15, 0.2) is 42.5 Å². The fourth-order valence-electron chi connectivity index (χ4n) is 3.75. The first-order chi connectivity index (χ1) is 14.4. The van der Waals surface area contributed by atoms with E-state index in [0.29, 0.717) is 30.9 Å². The Morgan fingerprint density at radius 3 is 2.70 bits per heavy atom. The standard InChI is InChI=1S/C23H22N2O4S/c1-14(26)10-11-19(15(2)27)25-12-17-16(23(25)28)6-5-8-20(17)29-13-22-24-18-7-3-4-9-21(18)30-22/h3-9,19H,10-13H2,1-2H3. The maximum absolute atomic E-state index is 13.0. The summed E-state index contributed by atoms with van der Waals surface area (Å²) in [6.45, 7) is 3.56. The molecule has 0 radical (unpaired) electrons. The van der Waals surface area contributed by atoms with Gasteiger partial charge in [-0.05, 0) is 44.5 Å². The lowest BCUT2D eigenvalue weighted by Crippen LogP contribution is -2.40. The summed E-state index contributed by atoms with van der Waals surface area (Å²) in [5.41, 5.74) is 2.26. The van der Waals surface area contributed by atoms with E-state index in [1.54, 1.807) is 28.4 Å². The van der Waals surface area contributed by atoms with Gasteiger partial charge in [-0.2, -0.15) is 0 Å². The Hall–Kier alpha value is -3.06. The van der Waals surface area contributed by atoms with Crippen LogP contribution in [-0.2, 0) is 22.7 Å². The van der Waals surface area contributed by atoms with E-state index in [4.69, 9.17) is 4.74 Å². The number of benzene rings is 2. The molecule has 6 nitrogen and oxygen atoms in total. The molecule has 0 bridgehead atoms. The highest BCUT2D eigenvalue weighted by Crippen LogP contribution is 2.34. The van der Waals surface area contributed by atoms with Crippen LogP contribution in [0.1, 0.15) is 47.6 Å². The van der Waals surface area contributed by atoms with Crippen molar-refractivity contribution in [2.24, 2.45) is 0 Å². The van der Waals surface area contributed by atoms with E-state index in [1.807, 2.05) is 30.3 Å². The van der Waals surface area contributed by atoms with Crippen LogP contribution in [0.2, 0.25) is 0 Å². The Morgan fingerprint density at radius 1 is 1.17 bits per heavy atom. The molecule has 1 aliphatic rings. The molecule has 0 spiro atoms. The van der Waals surface area contributed by atoms with E-state index < -0.39 is 6.04 Å². The summed E-state index contributed by atoms with van der Waals surface area (Å²) in [6, 6.07) is 12.7. The average molecular weight is 423 g/mol. The van der Waals surface area contributed by atoms with Gasteiger partial charge >= 0.3 is 0 Å². The molecule has 1 atom stereocenters. The van der Waals surface area contributed by atoms with Gasteiger partial charge < -0.3 is 14.4 Å². The number of thiazole rings is 1. The molecule has 30 heavy (non-hydrogen) atoms. The van der Waals surface area contributed by atoms with Gasteiger partial charge in [0.25, 0.3) is 5.91 Å². The van der Waals surface area contributed by atoms with Crippen molar-refractivity contribution in [3.05, 3.63) is 58.6 Å². The summed E-state index contributed by atoms with van der Waals surface area (Å²) in [6.07, 6.45) is 0.609.